The molecule has 0 aliphatic rings. The molecule has 66 valence electrons. The van der Waals surface area contributed by atoms with Gasteiger partial charge in [0.1, 0.15) is 4.48 Å². The largest absolute Gasteiger partial charge is 0.462 e. The van der Waals surface area contributed by atoms with Gasteiger partial charge in [0.25, 0.3) is 0 Å². The lowest BCUT2D eigenvalue weighted by atomic mass is 10.5. The molecule has 0 fully saturated rings. The van der Waals surface area contributed by atoms with Crippen molar-refractivity contribution in [3.8, 4) is 11.8 Å². The Balaban J connectivity index is 4.08. The highest BCUT2D eigenvalue weighted by molar-refractivity contribution is 9.12. The van der Waals surface area contributed by atoms with Crippen LogP contribution in [0.5, 0.6) is 0 Å². The highest BCUT2D eigenvalue weighted by Crippen LogP contribution is 2.05. The molecule has 0 aromatic heterocycles. The second kappa shape index (κ2) is 7.20. The van der Waals surface area contributed by atoms with E-state index in [1.54, 1.807) is 6.92 Å². The van der Waals surface area contributed by atoms with Crippen molar-refractivity contribution in [2.24, 2.45) is 0 Å². The molecule has 0 saturated carbocycles. The summed E-state index contributed by atoms with van der Waals surface area (Å²) >= 11 is 8.31. The summed E-state index contributed by atoms with van der Waals surface area (Å²) < 4.78 is 4.99. The van der Waals surface area contributed by atoms with E-state index in [0.29, 0.717) is 11.1 Å². The maximum absolute atomic E-state index is 10.9. The summed E-state index contributed by atoms with van der Waals surface area (Å²) in [7, 11) is 0. The van der Waals surface area contributed by atoms with Crippen molar-refractivity contribution in [2.75, 3.05) is 12.5 Å². The second-order valence-corrected chi connectivity index (χ2v) is 2.79. The molecule has 12 heavy (non-hydrogen) atoms. The Morgan fingerprint density at radius 1 is 1.75 bits per heavy atom. The van der Waals surface area contributed by atoms with E-state index in [4.69, 9.17) is 11.6 Å². The lowest BCUT2D eigenvalue weighted by molar-refractivity contribution is -0.137. The number of hydrogen-bond acceptors (Lipinski definition) is 2. The first-order valence-corrected chi connectivity index (χ1v) is 4.62. The minimum Gasteiger partial charge on any atom is -0.462 e. The number of rotatable bonds is 2. The molecule has 0 rings (SSSR count). The fourth-order valence-electron chi connectivity index (χ4n) is 0.412. The molecule has 0 bridgehead atoms. The van der Waals surface area contributed by atoms with Crippen molar-refractivity contribution < 1.29 is 9.53 Å². The average molecular weight is 252 g/mol. The van der Waals surface area contributed by atoms with E-state index >= 15 is 0 Å². The highest BCUT2D eigenvalue weighted by atomic mass is 79.9. The van der Waals surface area contributed by atoms with Gasteiger partial charge < -0.3 is 4.74 Å². The van der Waals surface area contributed by atoms with Crippen molar-refractivity contribution in [3.05, 3.63) is 10.6 Å². The standard InChI is InChI=1S/C8H8BrClO2/c1-2-12-8(11)7(9)5-3-4-6-10/h5H,2,6H2,1H3. The van der Waals surface area contributed by atoms with Crippen molar-refractivity contribution >= 4 is 33.5 Å². The first-order chi connectivity index (χ1) is 5.72. The minimum atomic E-state index is -0.415. The zero-order valence-electron chi connectivity index (χ0n) is 6.56. The third-order valence-corrected chi connectivity index (χ3v) is 1.52. The summed E-state index contributed by atoms with van der Waals surface area (Å²) in [5.41, 5.74) is 0. The predicted octanol–water partition coefficient (Wildman–Crippen LogP) is 2.07. The SMILES string of the molecule is CCOC(=O)C(Br)=CC#CCCl. The van der Waals surface area contributed by atoms with Gasteiger partial charge in [-0.3, -0.25) is 0 Å². The Hall–Kier alpha value is -0.460. The summed E-state index contributed by atoms with van der Waals surface area (Å²) in [6.07, 6.45) is 1.42. The lowest BCUT2D eigenvalue weighted by Crippen LogP contribution is -2.02. The number of ether oxygens (including phenoxy) is 1. The first kappa shape index (κ1) is 11.5. The van der Waals surface area contributed by atoms with E-state index in [-0.39, 0.29) is 5.88 Å². The van der Waals surface area contributed by atoms with Gasteiger partial charge in [-0.1, -0.05) is 11.8 Å². The van der Waals surface area contributed by atoms with Crippen LogP contribution in [-0.2, 0) is 9.53 Å². The van der Waals surface area contributed by atoms with Gasteiger partial charge in [0, 0.05) is 6.08 Å². The maximum atomic E-state index is 10.9. The van der Waals surface area contributed by atoms with Crippen molar-refractivity contribution in [1.82, 2.24) is 0 Å². The fourth-order valence-corrected chi connectivity index (χ4v) is 0.718. The van der Waals surface area contributed by atoms with E-state index in [0.717, 1.165) is 0 Å². The third kappa shape index (κ3) is 5.22. The van der Waals surface area contributed by atoms with E-state index in [2.05, 4.69) is 32.5 Å². The number of carbonyl (C=O) groups is 1. The lowest BCUT2D eigenvalue weighted by Gasteiger charge is -1.96. The summed E-state index contributed by atoms with van der Waals surface area (Å²) in [6, 6.07) is 0. The van der Waals surface area contributed by atoms with E-state index in [1.807, 2.05) is 0 Å². The summed E-state index contributed by atoms with van der Waals surface area (Å²) in [4.78, 5) is 10.9. The van der Waals surface area contributed by atoms with Crippen LogP contribution in [0.2, 0.25) is 0 Å². The molecule has 0 amide bonds. The van der Waals surface area contributed by atoms with E-state index in [9.17, 15) is 4.79 Å². The van der Waals surface area contributed by atoms with E-state index in [1.165, 1.54) is 6.08 Å². The number of allylic oxidation sites excluding steroid dienone is 1. The van der Waals surface area contributed by atoms with Gasteiger partial charge in [0.2, 0.25) is 0 Å². The molecule has 0 aromatic carbocycles. The summed E-state index contributed by atoms with van der Waals surface area (Å²) in [6.45, 7) is 2.09. The van der Waals surface area contributed by atoms with Gasteiger partial charge in [-0.05, 0) is 22.9 Å². The molecule has 0 aliphatic carbocycles. The zero-order chi connectivity index (χ0) is 9.40. The molecule has 0 N–H and O–H groups in total. The molecule has 0 unspecified atom stereocenters. The van der Waals surface area contributed by atoms with Gasteiger partial charge in [0.15, 0.2) is 0 Å². The van der Waals surface area contributed by atoms with Crippen LogP contribution in [0.4, 0.5) is 0 Å². The smallest absolute Gasteiger partial charge is 0.345 e. The fraction of sp³-hybridized carbons (Fsp3) is 0.375. The monoisotopic (exact) mass is 250 g/mol. The average Bonchev–Trinajstić information content (AvgIpc) is 2.05. The van der Waals surface area contributed by atoms with Crippen LogP contribution in [0.25, 0.3) is 0 Å². The summed E-state index contributed by atoms with van der Waals surface area (Å²) in [5.74, 6) is 4.99. The van der Waals surface area contributed by atoms with Crippen molar-refractivity contribution in [3.63, 3.8) is 0 Å². The normalized spacial score (nSPS) is 10.1. The second-order valence-electron chi connectivity index (χ2n) is 1.67. The quantitative estimate of drug-likeness (QED) is 0.325. The molecular weight excluding hydrogens is 243 g/mol. The minimum absolute atomic E-state index is 0.250. The van der Waals surface area contributed by atoms with Crippen LogP contribution in [0.3, 0.4) is 0 Å². The predicted molar refractivity (Wildman–Crippen MR) is 52.1 cm³/mol. The van der Waals surface area contributed by atoms with Gasteiger partial charge in [-0.2, -0.15) is 0 Å². The van der Waals surface area contributed by atoms with Crippen LogP contribution in [0.15, 0.2) is 10.6 Å². The van der Waals surface area contributed by atoms with Gasteiger partial charge in [-0.15, -0.1) is 11.6 Å². The van der Waals surface area contributed by atoms with E-state index < -0.39 is 5.97 Å². The Morgan fingerprint density at radius 3 is 2.92 bits per heavy atom. The van der Waals surface area contributed by atoms with Gasteiger partial charge in [0.05, 0.1) is 12.5 Å². The van der Waals surface area contributed by atoms with Crippen LogP contribution in [0.1, 0.15) is 6.92 Å². The van der Waals surface area contributed by atoms with Crippen LogP contribution in [-0.4, -0.2) is 18.5 Å². The van der Waals surface area contributed by atoms with Crippen LogP contribution >= 0.6 is 27.5 Å². The molecule has 0 radical (unpaired) electrons. The molecule has 0 heterocycles. The Morgan fingerprint density at radius 2 is 2.42 bits per heavy atom. The van der Waals surface area contributed by atoms with Crippen LogP contribution < -0.4 is 0 Å². The first-order valence-electron chi connectivity index (χ1n) is 3.29. The van der Waals surface area contributed by atoms with Crippen molar-refractivity contribution in [2.45, 2.75) is 6.92 Å². The molecule has 0 spiro atoms. The molecule has 4 heteroatoms. The molecule has 0 aromatic rings. The number of alkyl halides is 1. The molecule has 0 aliphatic heterocycles. The zero-order valence-corrected chi connectivity index (χ0v) is 8.91. The third-order valence-electron chi connectivity index (χ3n) is 0.838. The Labute approximate surface area is 85.0 Å². The number of esters is 1. The number of hydrogen-bond donors (Lipinski definition) is 0. The van der Waals surface area contributed by atoms with Gasteiger partial charge >= 0.3 is 5.97 Å². The van der Waals surface area contributed by atoms with Crippen LogP contribution in [0, 0.1) is 11.8 Å². The summed E-state index contributed by atoms with van der Waals surface area (Å²) in [5, 5.41) is 0. The molecule has 0 saturated heterocycles. The number of halogens is 2. The van der Waals surface area contributed by atoms with Crippen molar-refractivity contribution in [1.29, 1.82) is 0 Å². The maximum Gasteiger partial charge on any atom is 0.345 e. The Bertz CT molecular complexity index is 237. The van der Waals surface area contributed by atoms with Gasteiger partial charge in [-0.25, -0.2) is 4.79 Å². The molecular formula is C8H8BrClO2. The molecule has 2 nitrogen and oxygen atoms in total. The number of carbonyl (C=O) groups excluding carboxylic acids is 1. The highest BCUT2D eigenvalue weighted by Gasteiger charge is 2.03. The topological polar surface area (TPSA) is 26.3 Å². The Kier molecular flexibility index (Phi) is 6.93. The molecule has 0 atom stereocenters.